The first-order valence-corrected chi connectivity index (χ1v) is 16.7. The van der Waals surface area contributed by atoms with Crippen molar-refractivity contribution < 1.29 is 14.6 Å². The van der Waals surface area contributed by atoms with Crippen molar-refractivity contribution in [1.29, 1.82) is 0 Å². The molecule has 0 unspecified atom stereocenters. The average molecular weight is 531 g/mol. The summed E-state index contributed by atoms with van der Waals surface area (Å²) in [6, 6.07) is 6.54. The van der Waals surface area contributed by atoms with Crippen LogP contribution in [0.4, 0.5) is 0 Å². The lowest BCUT2D eigenvalue weighted by atomic mass is 10.0. The SMILES string of the molecule is CCCCCCCCCCCCCCCCCCCCCCCCCCCCOC(=O)c1ccccc1O. The molecule has 0 bridgehead atoms. The third kappa shape index (κ3) is 21.4. The number of hydrogen-bond acceptors (Lipinski definition) is 3. The zero-order chi connectivity index (χ0) is 27.4. The van der Waals surface area contributed by atoms with E-state index in [1.807, 2.05) is 0 Å². The maximum Gasteiger partial charge on any atom is 0.341 e. The number of phenolic OH excluding ortho intramolecular Hbond substituents is 1. The van der Waals surface area contributed by atoms with E-state index in [4.69, 9.17) is 4.74 Å². The smallest absolute Gasteiger partial charge is 0.341 e. The fraction of sp³-hybridized carbons (Fsp3) is 0.800. The number of esters is 1. The summed E-state index contributed by atoms with van der Waals surface area (Å²) in [5.74, 6) is -0.440. The molecule has 0 atom stereocenters. The van der Waals surface area contributed by atoms with Gasteiger partial charge in [-0.2, -0.15) is 0 Å². The summed E-state index contributed by atoms with van der Waals surface area (Å²) in [6.45, 7) is 2.73. The van der Waals surface area contributed by atoms with Crippen LogP contribution in [0.1, 0.15) is 184 Å². The van der Waals surface area contributed by atoms with Crippen LogP contribution in [0.2, 0.25) is 0 Å². The van der Waals surface area contributed by atoms with Crippen LogP contribution >= 0.6 is 0 Å². The standard InChI is InChI=1S/C35H62O3/c1-2-3-4-5-6-7-8-9-10-11-12-13-14-15-16-17-18-19-20-21-22-23-24-25-26-29-32-38-35(37)33-30-27-28-31-34(33)36/h27-28,30-31,36H,2-26,29,32H2,1H3. The van der Waals surface area contributed by atoms with Gasteiger partial charge < -0.3 is 9.84 Å². The molecule has 0 aliphatic heterocycles. The van der Waals surface area contributed by atoms with Crippen molar-refractivity contribution in [2.24, 2.45) is 0 Å². The van der Waals surface area contributed by atoms with Crippen LogP contribution in [-0.2, 0) is 4.74 Å². The molecule has 3 nitrogen and oxygen atoms in total. The van der Waals surface area contributed by atoms with E-state index in [-0.39, 0.29) is 11.3 Å². The number of unbranched alkanes of at least 4 members (excludes halogenated alkanes) is 25. The van der Waals surface area contributed by atoms with Gasteiger partial charge in [-0.05, 0) is 18.6 Å². The second-order valence-electron chi connectivity index (χ2n) is 11.5. The summed E-state index contributed by atoms with van der Waals surface area (Å²) in [5, 5.41) is 9.68. The molecule has 1 rings (SSSR count). The number of benzene rings is 1. The highest BCUT2D eigenvalue weighted by Crippen LogP contribution is 2.18. The normalized spacial score (nSPS) is 11.2. The van der Waals surface area contributed by atoms with Crippen molar-refractivity contribution in [3.05, 3.63) is 29.8 Å². The first-order chi connectivity index (χ1) is 18.8. The number of aromatic hydroxyl groups is 1. The minimum atomic E-state index is -0.428. The zero-order valence-electron chi connectivity index (χ0n) is 25.2. The monoisotopic (exact) mass is 530 g/mol. The number of carbonyl (C=O) groups excluding carboxylic acids is 1. The molecule has 1 N–H and O–H groups in total. The first-order valence-electron chi connectivity index (χ1n) is 16.7. The number of rotatable bonds is 28. The van der Waals surface area contributed by atoms with Crippen LogP contribution in [0.15, 0.2) is 24.3 Å². The van der Waals surface area contributed by atoms with E-state index in [0.717, 1.165) is 12.8 Å². The fourth-order valence-corrected chi connectivity index (χ4v) is 5.31. The molecule has 0 aromatic heterocycles. The van der Waals surface area contributed by atoms with Crippen molar-refractivity contribution in [2.45, 2.75) is 174 Å². The summed E-state index contributed by atoms with van der Waals surface area (Å²) in [5.41, 5.74) is 0.252. The quantitative estimate of drug-likeness (QED) is 0.0865. The molecule has 38 heavy (non-hydrogen) atoms. The highest BCUT2D eigenvalue weighted by atomic mass is 16.5. The number of ether oxygens (including phenoxy) is 1. The summed E-state index contributed by atoms with van der Waals surface area (Å²) in [6.07, 6.45) is 36.0. The molecule has 1 aromatic rings. The molecule has 0 aliphatic carbocycles. The topological polar surface area (TPSA) is 46.5 Å². The Balaban J connectivity index is 1.69. The molecule has 1 aromatic carbocycles. The number of hydrogen-bond donors (Lipinski definition) is 1. The van der Waals surface area contributed by atoms with E-state index in [0.29, 0.717) is 6.61 Å². The Bertz CT molecular complexity index is 642. The van der Waals surface area contributed by atoms with Crippen LogP contribution in [-0.4, -0.2) is 17.7 Å². The lowest BCUT2D eigenvalue weighted by Gasteiger charge is -2.06. The highest BCUT2D eigenvalue weighted by molar-refractivity contribution is 5.92. The predicted octanol–water partition coefficient (Wildman–Crippen LogP) is 11.7. The highest BCUT2D eigenvalue weighted by Gasteiger charge is 2.10. The van der Waals surface area contributed by atoms with E-state index < -0.39 is 5.97 Å². The molecule has 0 radical (unpaired) electrons. The minimum Gasteiger partial charge on any atom is -0.507 e. The third-order valence-corrected chi connectivity index (χ3v) is 7.86. The zero-order valence-corrected chi connectivity index (χ0v) is 25.2. The van der Waals surface area contributed by atoms with Gasteiger partial charge in [0.25, 0.3) is 0 Å². The predicted molar refractivity (Wildman–Crippen MR) is 164 cm³/mol. The van der Waals surface area contributed by atoms with Gasteiger partial charge >= 0.3 is 5.97 Å². The van der Waals surface area contributed by atoms with Gasteiger partial charge in [-0.3, -0.25) is 0 Å². The lowest BCUT2D eigenvalue weighted by Crippen LogP contribution is -2.06. The molecular formula is C35H62O3. The Kier molecular flexibility index (Phi) is 24.6. The van der Waals surface area contributed by atoms with Crippen LogP contribution in [0.3, 0.4) is 0 Å². The Morgan fingerprint density at radius 3 is 1.18 bits per heavy atom. The average Bonchev–Trinajstić information content (AvgIpc) is 2.92. The Hall–Kier alpha value is -1.51. The summed E-state index contributed by atoms with van der Waals surface area (Å²) < 4.78 is 5.26. The first kappa shape index (κ1) is 34.5. The number of phenols is 1. The van der Waals surface area contributed by atoms with Crippen molar-refractivity contribution in [3.63, 3.8) is 0 Å². The second-order valence-corrected chi connectivity index (χ2v) is 11.5. The van der Waals surface area contributed by atoms with Crippen LogP contribution in [0.5, 0.6) is 5.75 Å². The number of carbonyl (C=O) groups is 1. The number of para-hydroxylation sites is 1. The molecule has 0 spiro atoms. The molecule has 0 heterocycles. The van der Waals surface area contributed by atoms with Gasteiger partial charge in [0.1, 0.15) is 11.3 Å². The Morgan fingerprint density at radius 2 is 0.842 bits per heavy atom. The lowest BCUT2D eigenvalue weighted by molar-refractivity contribution is 0.0494. The minimum absolute atomic E-state index is 0.0116. The molecule has 3 heteroatoms. The van der Waals surface area contributed by atoms with Gasteiger partial charge in [-0.15, -0.1) is 0 Å². The van der Waals surface area contributed by atoms with Gasteiger partial charge in [0.15, 0.2) is 0 Å². The fourth-order valence-electron chi connectivity index (χ4n) is 5.31. The summed E-state index contributed by atoms with van der Waals surface area (Å²) in [7, 11) is 0. The van der Waals surface area contributed by atoms with Crippen molar-refractivity contribution >= 4 is 5.97 Å². The van der Waals surface area contributed by atoms with Crippen LogP contribution < -0.4 is 0 Å². The van der Waals surface area contributed by atoms with Crippen molar-refractivity contribution in [2.75, 3.05) is 6.61 Å². The Morgan fingerprint density at radius 1 is 0.526 bits per heavy atom. The molecular weight excluding hydrogens is 468 g/mol. The van der Waals surface area contributed by atoms with E-state index in [1.165, 1.54) is 160 Å². The van der Waals surface area contributed by atoms with Crippen molar-refractivity contribution in [1.82, 2.24) is 0 Å². The molecule has 0 saturated heterocycles. The van der Waals surface area contributed by atoms with Gasteiger partial charge in [0.05, 0.1) is 6.61 Å². The molecule has 0 saturated carbocycles. The van der Waals surface area contributed by atoms with E-state index in [2.05, 4.69) is 6.92 Å². The summed E-state index contributed by atoms with van der Waals surface area (Å²) >= 11 is 0. The van der Waals surface area contributed by atoms with Crippen LogP contribution in [0.25, 0.3) is 0 Å². The van der Waals surface area contributed by atoms with Gasteiger partial charge in [-0.1, -0.05) is 180 Å². The van der Waals surface area contributed by atoms with E-state index >= 15 is 0 Å². The maximum absolute atomic E-state index is 11.9. The summed E-state index contributed by atoms with van der Waals surface area (Å²) in [4.78, 5) is 11.9. The largest absolute Gasteiger partial charge is 0.507 e. The van der Waals surface area contributed by atoms with Gasteiger partial charge in [0, 0.05) is 0 Å². The van der Waals surface area contributed by atoms with E-state index in [1.54, 1.807) is 18.2 Å². The maximum atomic E-state index is 11.9. The van der Waals surface area contributed by atoms with E-state index in [9.17, 15) is 9.90 Å². The van der Waals surface area contributed by atoms with Gasteiger partial charge in [-0.25, -0.2) is 4.79 Å². The van der Waals surface area contributed by atoms with Crippen LogP contribution in [0, 0.1) is 0 Å². The molecule has 0 fully saturated rings. The Labute approximate surface area is 236 Å². The van der Waals surface area contributed by atoms with Gasteiger partial charge in [0.2, 0.25) is 0 Å². The molecule has 0 aliphatic rings. The molecule has 0 amide bonds. The second kappa shape index (κ2) is 27.1. The third-order valence-electron chi connectivity index (χ3n) is 7.86. The van der Waals surface area contributed by atoms with Crippen molar-refractivity contribution in [3.8, 4) is 5.75 Å². The molecule has 220 valence electrons.